The number of nitrogens with zero attached hydrogens (tertiary/aromatic N) is 4. The van der Waals surface area contributed by atoms with Crippen LogP contribution in [0.25, 0.3) is 5.69 Å². The summed E-state index contributed by atoms with van der Waals surface area (Å²) in [7, 11) is 0. The molecule has 2 rings (SSSR count). The minimum absolute atomic E-state index is 0.0547. The molecule has 0 bridgehead atoms. The quantitative estimate of drug-likeness (QED) is 0.738. The monoisotopic (exact) mass is 265 g/mol. The maximum atomic E-state index is 8.79. The fraction of sp³-hybridized carbons (Fsp3) is 0.364. The van der Waals surface area contributed by atoms with Crippen molar-refractivity contribution < 1.29 is 5.11 Å². The third kappa shape index (κ3) is 3.28. The lowest BCUT2D eigenvalue weighted by Gasteiger charge is -2.08. The number of para-hydroxylation sites is 1. The van der Waals surface area contributed by atoms with Crippen molar-refractivity contribution in [2.75, 3.05) is 12.4 Å². The van der Waals surface area contributed by atoms with E-state index in [0.717, 1.165) is 5.69 Å². The van der Waals surface area contributed by atoms with E-state index < -0.39 is 0 Å². The molecule has 1 atom stereocenters. The molecule has 1 aromatic carbocycles. The molecule has 0 spiro atoms. The Labute approximate surface area is 109 Å². The third-order valence-electron chi connectivity index (χ3n) is 2.37. The number of hydrogen-bond acceptors (Lipinski definition) is 6. The van der Waals surface area contributed by atoms with Crippen molar-refractivity contribution in [3.05, 3.63) is 30.3 Å². The maximum Gasteiger partial charge on any atom is 0.214 e. The van der Waals surface area contributed by atoms with Crippen molar-refractivity contribution >= 4 is 11.8 Å². The minimum Gasteiger partial charge on any atom is -0.396 e. The van der Waals surface area contributed by atoms with Gasteiger partial charge >= 0.3 is 0 Å². The molecular formula is C11H15N5OS. The average Bonchev–Trinajstić information content (AvgIpc) is 2.86. The molecule has 1 aromatic heterocycles. The van der Waals surface area contributed by atoms with E-state index in [-0.39, 0.29) is 12.6 Å². The molecule has 3 N–H and O–H groups in total. The van der Waals surface area contributed by atoms with Crippen LogP contribution in [0, 0.1) is 0 Å². The van der Waals surface area contributed by atoms with Gasteiger partial charge in [0.2, 0.25) is 5.16 Å². The Kier molecular flexibility index (Phi) is 4.68. The smallest absolute Gasteiger partial charge is 0.214 e. The van der Waals surface area contributed by atoms with Crippen LogP contribution in [0.2, 0.25) is 0 Å². The van der Waals surface area contributed by atoms with E-state index >= 15 is 0 Å². The van der Waals surface area contributed by atoms with Crippen LogP contribution in [0.3, 0.4) is 0 Å². The van der Waals surface area contributed by atoms with Gasteiger partial charge in [-0.25, -0.2) is 0 Å². The normalized spacial score (nSPS) is 12.6. The molecule has 1 unspecified atom stereocenters. The number of hydrogen-bond donors (Lipinski definition) is 2. The molecule has 0 aliphatic heterocycles. The predicted molar refractivity (Wildman–Crippen MR) is 69.6 cm³/mol. The molecule has 0 saturated heterocycles. The lowest BCUT2D eigenvalue weighted by atomic mass is 10.3. The number of aliphatic hydroxyl groups excluding tert-OH is 1. The summed E-state index contributed by atoms with van der Waals surface area (Å²) in [6, 6.07) is 9.63. The first-order valence-corrected chi connectivity index (χ1v) is 6.63. The Balaban J connectivity index is 2.05. The van der Waals surface area contributed by atoms with Gasteiger partial charge in [0.15, 0.2) is 0 Å². The average molecular weight is 265 g/mol. The van der Waals surface area contributed by atoms with E-state index in [1.165, 1.54) is 11.8 Å². The summed E-state index contributed by atoms with van der Waals surface area (Å²) in [4.78, 5) is 0. The van der Waals surface area contributed by atoms with Gasteiger partial charge in [0, 0.05) is 18.4 Å². The molecule has 18 heavy (non-hydrogen) atoms. The summed E-state index contributed by atoms with van der Waals surface area (Å²) in [5.41, 5.74) is 6.75. The van der Waals surface area contributed by atoms with Gasteiger partial charge in [-0.15, -0.1) is 5.10 Å². The van der Waals surface area contributed by atoms with Crippen molar-refractivity contribution in [3.63, 3.8) is 0 Å². The summed E-state index contributed by atoms with van der Waals surface area (Å²) in [5.74, 6) is 0.674. The van der Waals surface area contributed by atoms with Gasteiger partial charge in [-0.2, -0.15) is 4.68 Å². The number of tetrazole rings is 1. The Morgan fingerprint density at radius 2 is 2.11 bits per heavy atom. The molecule has 6 nitrogen and oxygen atoms in total. The van der Waals surface area contributed by atoms with Crippen LogP contribution in [0.15, 0.2) is 35.5 Å². The maximum absolute atomic E-state index is 8.79. The molecule has 1 heterocycles. The second-order valence-corrected chi connectivity index (χ2v) is 4.78. The summed E-state index contributed by atoms with van der Waals surface area (Å²) in [6.07, 6.45) is 0.583. The Morgan fingerprint density at radius 1 is 1.33 bits per heavy atom. The van der Waals surface area contributed by atoms with Crippen molar-refractivity contribution in [3.8, 4) is 5.69 Å². The minimum atomic E-state index is -0.0547. The van der Waals surface area contributed by atoms with Gasteiger partial charge in [-0.1, -0.05) is 30.0 Å². The molecule has 0 fully saturated rings. The summed E-state index contributed by atoms with van der Waals surface area (Å²) in [6.45, 7) is 0.103. The van der Waals surface area contributed by atoms with Crippen molar-refractivity contribution in [1.82, 2.24) is 20.2 Å². The zero-order valence-electron chi connectivity index (χ0n) is 9.81. The first kappa shape index (κ1) is 13.0. The summed E-state index contributed by atoms with van der Waals surface area (Å²) in [5, 5.41) is 21.1. The molecule has 2 aromatic rings. The van der Waals surface area contributed by atoms with E-state index in [2.05, 4.69) is 15.5 Å². The van der Waals surface area contributed by atoms with Gasteiger partial charge in [-0.3, -0.25) is 0 Å². The number of benzene rings is 1. The highest BCUT2D eigenvalue weighted by Crippen LogP contribution is 2.18. The van der Waals surface area contributed by atoms with Gasteiger partial charge in [-0.05, 0) is 29.0 Å². The Morgan fingerprint density at radius 3 is 2.83 bits per heavy atom. The van der Waals surface area contributed by atoms with Crippen LogP contribution in [0.1, 0.15) is 6.42 Å². The van der Waals surface area contributed by atoms with Gasteiger partial charge < -0.3 is 10.8 Å². The van der Waals surface area contributed by atoms with E-state index in [9.17, 15) is 0 Å². The SMILES string of the molecule is NC(CCO)CSc1nnnn1-c1ccccc1. The highest BCUT2D eigenvalue weighted by Gasteiger charge is 2.10. The van der Waals surface area contributed by atoms with E-state index in [1.807, 2.05) is 30.3 Å². The number of thioether (sulfide) groups is 1. The predicted octanol–water partition coefficient (Wildman–Crippen LogP) is 0.464. The number of aliphatic hydroxyl groups is 1. The summed E-state index contributed by atoms with van der Waals surface area (Å²) >= 11 is 1.49. The Hall–Kier alpha value is -1.44. The van der Waals surface area contributed by atoms with E-state index in [1.54, 1.807) is 4.68 Å². The van der Waals surface area contributed by atoms with Crippen molar-refractivity contribution in [2.45, 2.75) is 17.6 Å². The zero-order valence-corrected chi connectivity index (χ0v) is 10.6. The van der Waals surface area contributed by atoms with Gasteiger partial charge in [0.25, 0.3) is 0 Å². The molecule has 0 radical (unpaired) electrons. The Bertz CT molecular complexity index is 475. The lowest BCUT2D eigenvalue weighted by Crippen LogP contribution is -2.24. The molecule has 96 valence electrons. The number of nitrogens with two attached hydrogens (primary N) is 1. The van der Waals surface area contributed by atoms with Crippen LogP contribution in [-0.2, 0) is 0 Å². The van der Waals surface area contributed by atoms with Gasteiger partial charge in [0.05, 0.1) is 5.69 Å². The van der Waals surface area contributed by atoms with Crippen LogP contribution in [-0.4, -0.2) is 43.7 Å². The van der Waals surface area contributed by atoms with E-state index in [0.29, 0.717) is 17.3 Å². The van der Waals surface area contributed by atoms with Crippen molar-refractivity contribution in [1.29, 1.82) is 0 Å². The van der Waals surface area contributed by atoms with Gasteiger partial charge in [0.1, 0.15) is 0 Å². The van der Waals surface area contributed by atoms with Crippen LogP contribution < -0.4 is 5.73 Å². The standard InChI is InChI=1S/C11H15N5OS/c12-9(6-7-17)8-18-11-13-14-15-16(11)10-4-2-1-3-5-10/h1-5,9,17H,6-8,12H2. The summed E-state index contributed by atoms with van der Waals surface area (Å²) < 4.78 is 1.68. The van der Waals surface area contributed by atoms with Crippen LogP contribution in [0.5, 0.6) is 0 Å². The third-order valence-corrected chi connectivity index (χ3v) is 3.48. The van der Waals surface area contributed by atoms with Crippen LogP contribution in [0.4, 0.5) is 0 Å². The molecule has 0 aliphatic carbocycles. The van der Waals surface area contributed by atoms with Crippen LogP contribution >= 0.6 is 11.8 Å². The highest BCUT2D eigenvalue weighted by molar-refractivity contribution is 7.99. The lowest BCUT2D eigenvalue weighted by molar-refractivity contribution is 0.279. The fourth-order valence-corrected chi connectivity index (χ4v) is 2.32. The fourth-order valence-electron chi connectivity index (χ4n) is 1.43. The first-order valence-electron chi connectivity index (χ1n) is 5.64. The second kappa shape index (κ2) is 6.48. The van der Waals surface area contributed by atoms with E-state index in [4.69, 9.17) is 10.8 Å². The van der Waals surface area contributed by atoms with Crippen molar-refractivity contribution in [2.24, 2.45) is 5.73 Å². The molecule has 0 saturated carbocycles. The zero-order chi connectivity index (χ0) is 12.8. The molecule has 7 heteroatoms. The highest BCUT2D eigenvalue weighted by atomic mass is 32.2. The topological polar surface area (TPSA) is 89.8 Å². The first-order chi connectivity index (χ1) is 8.81. The number of rotatable bonds is 6. The largest absolute Gasteiger partial charge is 0.396 e. The molecule has 0 aliphatic rings. The second-order valence-electron chi connectivity index (χ2n) is 3.79. The molecular weight excluding hydrogens is 250 g/mol. The number of aromatic nitrogens is 4. The molecule has 0 amide bonds.